The Morgan fingerprint density at radius 3 is 2.77 bits per heavy atom. The SMILES string of the molecule is CC(CO)COCC1CCNCC1. The van der Waals surface area contributed by atoms with Crippen molar-refractivity contribution in [3.8, 4) is 0 Å². The van der Waals surface area contributed by atoms with Crippen molar-refractivity contribution in [1.29, 1.82) is 0 Å². The van der Waals surface area contributed by atoms with Gasteiger partial charge < -0.3 is 15.2 Å². The number of aliphatic hydroxyl groups is 1. The Labute approximate surface area is 80.5 Å². The van der Waals surface area contributed by atoms with Crippen LogP contribution in [0, 0.1) is 11.8 Å². The zero-order valence-electron chi connectivity index (χ0n) is 8.46. The summed E-state index contributed by atoms with van der Waals surface area (Å²) >= 11 is 0. The summed E-state index contributed by atoms with van der Waals surface area (Å²) in [5.41, 5.74) is 0. The highest BCUT2D eigenvalue weighted by atomic mass is 16.5. The highest BCUT2D eigenvalue weighted by Gasteiger charge is 2.13. The fourth-order valence-electron chi connectivity index (χ4n) is 1.54. The van der Waals surface area contributed by atoms with Gasteiger partial charge in [-0.15, -0.1) is 0 Å². The number of piperidine rings is 1. The highest BCUT2D eigenvalue weighted by molar-refractivity contribution is 4.67. The third kappa shape index (κ3) is 4.60. The van der Waals surface area contributed by atoms with Gasteiger partial charge in [0.1, 0.15) is 0 Å². The molecule has 78 valence electrons. The number of rotatable bonds is 5. The van der Waals surface area contributed by atoms with Crippen LogP contribution >= 0.6 is 0 Å². The molecule has 1 heterocycles. The third-order valence-electron chi connectivity index (χ3n) is 2.53. The molecule has 3 nitrogen and oxygen atoms in total. The average molecular weight is 187 g/mol. The largest absolute Gasteiger partial charge is 0.396 e. The summed E-state index contributed by atoms with van der Waals surface area (Å²) in [7, 11) is 0. The molecule has 1 aliphatic rings. The summed E-state index contributed by atoms with van der Waals surface area (Å²) in [5.74, 6) is 1.01. The van der Waals surface area contributed by atoms with Crippen molar-refractivity contribution in [3.05, 3.63) is 0 Å². The van der Waals surface area contributed by atoms with Crippen LogP contribution in [0.2, 0.25) is 0 Å². The molecule has 1 saturated heterocycles. The van der Waals surface area contributed by atoms with Crippen molar-refractivity contribution < 1.29 is 9.84 Å². The van der Waals surface area contributed by atoms with E-state index in [1.165, 1.54) is 12.8 Å². The predicted octanol–water partition coefficient (Wildman–Crippen LogP) is 0.631. The van der Waals surface area contributed by atoms with E-state index in [1.807, 2.05) is 6.92 Å². The number of ether oxygens (including phenoxy) is 1. The maximum Gasteiger partial charge on any atom is 0.0513 e. The van der Waals surface area contributed by atoms with E-state index in [-0.39, 0.29) is 12.5 Å². The molecular weight excluding hydrogens is 166 g/mol. The molecule has 1 unspecified atom stereocenters. The first-order valence-corrected chi connectivity index (χ1v) is 5.22. The second kappa shape index (κ2) is 6.35. The maximum absolute atomic E-state index is 8.78. The van der Waals surface area contributed by atoms with E-state index in [4.69, 9.17) is 9.84 Å². The van der Waals surface area contributed by atoms with Gasteiger partial charge in [0.15, 0.2) is 0 Å². The Morgan fingerprint density at radius 1 is 1.46 bits per heavy atom. The van der Waals surface area contributed by atoms with Crippen LogP contribution in [0.4, 0.5) is 0 Å². The Morgan fingerprint density at radius 2 is 2.15 bits per heavy atom. The van der Waals surface area contributed by atoms with Crippen LogP contribution in [0.3, 0.4) is 0 Å². The van der Waals surface area contributed by atoms with E-state index in [0.29, 0.717) is 6.61 Å². The Hall–Kier alpha value is -0.120. The molecule has 1 atom stereocenters. The summed E-state index contributed by atoms with van der Waals surface area (Å²) in [5, 5.41) is 12.1. The van der Waals surface area contributed by atoms with E-state index in [2.05, 4.69) is 5.32 Å². The Kier molecular flexibility index (Phi) is 5.35. The number of hydrogen-bond acceptors (Lipinski definition) is 3. The lowest BCUT2D eigenvalue weighted by atomic mass is 9.99. The minimum Gasteiger partial charge on any atom is -0.396 e. The van der Waals surface area contributed by atoms with Gasteiger partial charge in [0.2, 0.25) is 0 Å². The van der Waals surface area contributed by atoms with Gasteiger partial charge in [-0.05, 0) is 31.8 Å². The standard InChI is InChI=1S/C10H21NO2/c1-9(6-12)7-13-8-10-2-4-11-5-3-10/h9-12H,2-8H2,1H3. The molecule has 0 spiro atoms. The molecule has 0 saturated carbocycles. The van der Waals surface area contributed by atoms with Crippen molar-refractivity contribution in [2.24, 2.45) is 11.8 Å². The van der Waals surface area contributed by atoms with E-state index < -0.39 is 0 Å². The first-order chi connectivity index (χ1) is 6.33. The van der Waals surface area contributed by atoms with Crippen LogP contribution in [0.5, 0.6) is 0 Å². The minimum absolute atomic E-state index is 0.228. The smallest absolute Gasteiger partial charge is 0.0513 e. The fraction of sp³-hybridized carbons (Fsp3) is 1.00. The first kappa shape index (κ1) is 11.0. The first-order valence-electron chi connectivity index (χ1n) is 5.22. The second-order valence-electron chi connectivity index (χ2n) is 4.02. The van der Waals surface area contributed by atoms with Gasteiger partial charge in [0.05, 0.1) is 6.61 Å². The third-order valence-corrected chi connectivity index (χ3v) is 2.53. The molecular formula is C10H21NO2. The van der Waals surface area contributed by atoms with Crippen molar-refractivity contribution in [3.63, 3.8) is 0 Å². The molecule has 1 aliphatic heterocycles. The molecule has 0 radical (unpaired) electrons. The predicted molar refractivity (Wildman–Crippen MR) is 52.7 cm³/mol. The van der Waals surface area contributed by atoms with Crippen molar-refractivity contribution in [2.75, 3.05) is 32.9 Å². The van der Waals surface area contributed by atoms with Crippen molar-refractivity contribution >= 4 is 0 Å². The van der Waals surface area contributed by atoms with Gasteiger partial charge in [-0.2, -0.15) is 0 Å². The van der Waals surface area contributed by atoms with Gasteiger partial charge >= 0.3 is 0 Å². The monoisotopic (exact) mass is 187 g/mol. The lowest BCUT2D eigenvalue weighted by Gasteiger charge is -2.22. The molecule has 0 aromatic carbocycles. The number of nitrogens with one attached hydrogen (secondary N) is 1. The molecule has 0 aromatic rings. The van der Waals surface area contributed by atoms with Crippen LogP contribution in [0.15, 0.2) is 0 Å². The summed E-state index contributed by atoms with van der Waals surface area (Å²) in [6, 6.07) is 0. The number of hydrogen-bond donors (Lipinski definition) is 2. The zero-order chi connectivity index (χ0) is 9.52. The summed E-state index contributed by atoms with van der Waals surface area (Å²) in [4.78, 5) is 0. The van der Waals surface area contributed by atoms with Gasteiger partial charge in [0, 0.05) is 19.1 Å². The van der Waals surface area contributed by atoms with E-state index in [1.54, 1.807) is 0 Å². The van der Waals surface area contributed by atoms with E-state index >= 15 is 0 Å². The molecule has 2 N–H and O–H groups in total. The fourth-order valence-corrected chi connectivity index (χ4v) is 1.54. The van der Waals surface area contributed by atoms with Crippen LogP contribution < -0.4 is 5.32 Å². The van der Waals surface area contributed by atoms with Crippen LogP contribution in [0.1, 0.15) is 19.8 Å². The van der Waals surface area contributed by atoms with Gasteiger partial charge in [-0.25, -0.2) is 0 Å². The maximum atomic E-state index is 8.78. The molecule has 0 aromatic heterocycles. The van der Waals surface area contributed by atoms with Crippen molar-refractivity contribution in [1.82, 2.24) is 5.32 Å². The molecule has 1 rings (SSSR count). The summed E-state index contributed by atoms with van der Waals surface area (Å²) in [6.07, 6.45) is 2.46. The van der Waals surface area contributed by atoms with E-state index in [0.717, 1.165) is 25.6 Å². The van der Waals surface area contributed by atoms with E-state index in [9.17, 15) is 0 Å². The Bertz CT molecular complexity index is 124. The summed E-state index contributed by atoms with van der Waals surface area (Å²) in [6.45, 7) is 6.05. The highest BCUT2D eigenvalue weighted by Crippen LogP contribution is 2.11. The van der Waals surface area contributed by atoms with Gasteiger partial charge in [-0.1, -0.05) is 6.92 Å². The quantitative estimate of drug-likeness (QED) is 0.663. The van der Waals surface area contributed by atoms with Crippen LogP contribution in [-0.2, 0) is 4.74 Å². The lowest BCUT2D eigenvalue weighted by Crippen LogP contribution is -2.30. The second-order valence-corrected chi connectivity index (χ2v) is 4.02. The van der Waals surface area contributed by atoms with Crippen molar-refractivity contribution in [2.45, 2.75) is 19.8 Å². The average Bonchev–Trinajstić information content (AvgIpc) is 2.19. The molecule has 3 heteroatoms. The molecule has 0 bridgehead atoms. The van der Waals surface area contributed by atoms with Crippen LogP contribution in [-0.4, -0.2) is 38.0 Å². The Balaban J connectivity index is 1.98. The normalized spacial score (nSPS) is 21.7. The topological polar surface area (TPSA) is 41.5 Å². The number of aliphatic hydroxyl groups excluding tert-OH is 1. The summed E-state index contributed by atoms with van der Waals surface area (Å²) < 4.78 is 5.54. The molecule has 13 heavy (non-hydrogen) atoms. The van der Waals surface area contributed by atoms with Crippen LogP contribution in [0.25, 0.3) is 0 Å². The zero-order valence-corrected chi connectivity index (χ0v) is 8.46. The van der Waals surface area contributed by atoms with Gasteiger partial charge in [-0.3, -0.25) is 0 Å². The molecule has 0 amide bonds. The molecule has 1 fully saturated rings. The molecule has 0 aliphatic carbocycles. The lowest BCUT2D eigenvalue weighted by molar-refractivity contribution is 0.0502. The van der Waals surface area contributed by atoms with Gasteiger partial charge in [0.25, 0.3) is 0 Å². The minimum atomic E-state index is 0.228.